The first kappa shape index (κ1) is 13.5. The third-order valence-corrected chi connectivity index (χ3v) is 2.73. The molecule has 6 nitrogen and oxygen atoms in total. The van der Waals surface area contributed by atoms with E-state index in [9.17, 15) is 18.0 Å². The van der Waals surface area contributed by atoms with Crippen molar-refractivity contribution in [1.29, 1.82) is 0 Å². The molecule has 0 aromatic carbocycles. The number of carboxylic acids is 1. The molecule has 9 heteroatoms. The van der Waals surface area contributed by atoms with E-state index < -0.39 is 23.4 Å². The summed E-state index contributed by atoms with van der Waals surface area (Å²) in [5, 5.41) is 11.6. The molecule has 0 radical (unpaired) electrons. The summed E-state index contributed by atoms with van der Waals surface area (Å²) in [6, 6.07) is 0.712. The molecule has 0 saturated carbocycles. The van der Waals surface area contributed by atoms with Crippen molar-refractivity contribution in [3.8, 4) is 0 Å². The maximum Gasteiger partial charge on any atom is 0.433 e. The number of nitrogens with one attached hydrogen (secondary N) is 1. The van der Waals surface area contributed by atoms with Crippen LogP contribution in [0.3, 0.4) is 0 Å². The van der Waals surface area contributed by atoms with Crippen LogP contribution in [-0.4, -0.2) is 39.8 Å². The van der Waals surface area contributed by atoms with Gasteiger partial charge in [-0.2, -0.15) is 13.2 Å². The van der Waals surface area contributed by atoms with Gasteiger partial charge < -0.3 is 15.2 Å². The van der Waals surface area contributed by atoms with Gasteiger partial charge in [0.25, 0.3) is 0 Å². The third kappa shape index (κ3) is 2.75. The molecule has 2 heterocycles. The molecule has 0 aliphatic carbocycles. The number of carbonyl (C=O) groups is 1. The Balaban J connectivity index is 2.25. The Kier molecular flexibility index (Phi) is 3.31. The van der Waals surface area contributed by atoms with Gasteiger partial charge >= 0.3 is 12.1 Å². The van der Waals surface area contributed by atoms with Gasteiger partial charge in [0.05, 0.1) is 6.61 Å². The summed E-state index contributed by atoms with van der Waals surface area (Å²) in [4.78, 5) is 18.1. The topological polar surface area (TPSA) is 84.3 Å². The van der Waals surface area contributed by atoms with Gasteiger partial charge in [-0.1, -0.05) is 0 Å². The maximum absolute atomic E-state index is 12.5. The zero-order chi connectivity index (χ0) is 14.1. The lowest BCUT2D eigenvalue weighted by atomic mass is 9.99. The van der Waals surface area contributed by atoms with Gasteiger partial charge in [-0.15, -0.1) is 0 Å². The second-order valence-corrected chi connectivity index (χ2v) is 4.08. The molecule has 0 amide bonds. The lowest BCUT2D eigenvalue weighted by molar-refractivity contribution is -0.142. The zero-order valence-electron chi connectivity index (χ0n) is 9.57. The van der Waals surface area contributed by atoms with Crippen LogP contribution in [0, 0.1) is 0 Å². The number of nitrogens with zero attached hydrogens (tertiary/aromatic N) is 2. The molecule has 1 aliphatic heterocycles. The fourth-order valence-corrected chi connectivity index (χ4v) is 1.68. The average Bonchev–Trinajstić information content (AvgIpc) is 2.78. The quantitative estimate of drug-likeness (QED) is 0.862. The molecule has 104 valence electrons. The van der Waals surface area contributed by atoms with Crippen LogP contribution >= 0.6 is 0 Å². The summed E-state index contributed by atoms with van der Waals surface area (Å²) in [6.07, 6.45) is -3.56. The molecular weight excluding hydrogens is 267 g/mol. The van der Waals surface area contributed by atoms with Gasteiger partial charge in [0.2, 0.25) is 5.95 Å². The van der Waals surface area contributed by atoms with E-state index in [1.165, 1.54) is 0 Å². The normalized spacial score (nSPS) is 23.3. The van der Waals surface area contributed by atoms with Crippen molar-refractivity contribution in [3.05, 3.63) is 18.0 Å². The summed E-state index contributed by atoms with van der Waals surface area (Å²) >= 11 is 0. The minimum Gasteiger partial charge on any atom is -0.479 e. The number of aromatic nitrogens is 2. The Morgan fingerprint density at radius 2 is 2.26 bits per heavy atom. The molecular formula is C10H10F3N3O3. The molecule has 2 rings (SSSR count). The Morgan fingerprint density at radius 1 is 1.53 bits per heavy atom. The fraction of sp³-hybridized carbons (Fsp3) is 0.500. The van der Waals surface area contributed by atoms with Crippen molar-refractivity contribution >= 4 is 11.9 Å². The van der Waals surface area contributed by atoms with Gasteiger partial charge in [-0.3, -0.25) is 0 Å². The zero-order valence-corrected chi connectivity index (χ0v) is 9.57. The number of hydrogen-bond donors (Lipinski definition) is 2. The Labute approximate surface area is 105 Å². The molecule has 1 atom stereocenters. The second-order valence-electron chi connectivity index (χ2n) is 4.08. The first-order valence-corrected chi connectivity index (χ1v) is 5.33. The molecule has 1 saturated heterocycles. The number of hydrogen-bond acceptors (Lipinski definition) is 5. The maximum atomic E-state index is 12.5. The van der Waals surface area contributed by atoms with E-state index in [2.05, 4.69) is 15.3 Å². The van der Waals surface area contributed by atoms with E-state index >= 15 is 0 Å². The van der Waals surface area contributed by atoms with Crippen LogP contribution in [0.5, 0.6) is 0 Å². The molecule has 19 heavy (non-hydrogen) atoms. The number of anilines is 1. The number of aliphatic carboxylic acids is 1. The van der Waals surface area contributed by atoms with E-state index in [0.717, 1.165) is 6.20 Å². The summed E-state index contributed by atoms with van der Waals surface area (Å²) in [7, 11) is 0. The van der Waals surface area contributed by atoms with Crippen molar-refractivity contribution in [1.82, 2.24) is 9.97 Å². The predicted octanol–water partition coefficient (Wildman–Crippen LogP) is 1.15. The smallest absolute Gasteiger partial charge is 0.433 e. The lowest BCUT2D eigenvalue weighted by Crippen LogP contribution is -2.47. The van der Waals surface area contributed by atoms with Crippen molar-refractivity contribution in [2.75, 3.05) is 18.5 Å². The van der Waals surface area contributed by atoms with E-state index in [0.29, 0.717) is 6.07 Å². The number of halogens is 3. The van der Waals surface area contributed by atoms with Crippen LogP contribution in [0.1, 0.15) is 12.1 Å². The van der Waals surface area contributed by atoms with E-state index in [1.54, 1.807) is 0 Å². The molecule has 0 spiro atoms. The minimum atomic E-state index is -4.61. The highest BCUT2D eigenvalue weighted by atomic mass is 19.4. The van der Waals surface area contributed by atoms with Crippen LogP contribution < -0.4 is 5.32 Å². The summed E-state index contributed by atoms with van der Waals surface area (Å²) < 4.78 is 42.4. The Morgan fingerprint density at radius 3 is 2.79 bits per heavy atom. The first-order valence-electron chi connectivity index (χ1n) is 5.33. The van der Waals surface area contributed by atoms with E-state index in [-0.39, 0.29) is 25.6 Å². The highest BCUT2D eigenvalue weighted by molar-refractivity contribution is 5.82. The van der Waals surface area contributed by atoms with Crippen molar-refractivity contribution in [3.63, 3.8) is 0 Å². The van der Waals surface area contributed by atoms with Crippen LogP contribution in [-0.2, 0) is 15.7 Å². The summed E-state index contributed by atoms with van der Waals surface area (Å²) in [5.41, 5.74) is -2.62. The van der Waals surface area contributed by atoms with E-state index in [4.69, 9.17) is 9.84 Å². The highest BCUT2D eigenvalue weighted by Crippen LogP contribution is 2.29. The molecule has 1 fully saturated rings. The number of carboxylic acid groups (broad SMARTS) is 1. The first-order chi connectivity index (χ1) is 8.83. The fourth-order valence-electron chi connectivity index (χ4n) is 1.68. The predicted molar refractivity (Wildman–Crippen MR) is 56.5 cm³/mol. The monoisotopic (exact) mass is 277 g/mol. The largest absolute Gasteiger partial charge is 0.479 e. The molecule has 1 unspecified atom stereocenters. The van der Waals surface area contributed by atoms with Crippen LogP contribution in [0.15, 0.2) is 12.3 Å². The van der Waals surface area contributed by atoms with Gasteiger partial charge in [0.1, 0.15) is 5.69 Å². The third-order valence-electron chi connectivity index (χ3n) is 2.73. The SMILES string of the molecule is O=C(O)C1(Nc2nccc(C(F)(F)F)n2)CCOC1. The van der Waals surface area contributed by atoms with Crippen LogP contribution in [0.2, 0.25) is 0 Å². The standard InChI is InChI=1S/C10H10F3N3O3/c11-10(12,13)6-1-3-14-8(15-6)16-9(7(17)18)2-4-19-5-9/h1,3H,2,4-5H2,(H,17,18)(H,14,15,16). The molecule has 1 aliphatic rings. The van der Waals surface area contributed by atoms with Gasteiger partial charge in [-0.25, -0.2) is 14.8 Å². The van der Waals surface area contributed by atoms with Crippen molar-refractivity contribution < 1.29 is 27.8 Å². The van der Waals surface area contributed by atoms with Crippen LogP contribution in [0.25, 0.3) is 0 Å². The number of ether oxygens (including phenoxy) is 1. The van der Waals surface area contributed by atoms with Gasteiger partial charge in [-0.05, 0) is 6.07 Å². The minimum absolute atomic E-state index is 0.127. The van der Waals surface area contributed by atoms with Gasteiger partial charge in [0, 0.05) is 19.2 Å². The second kappa shape index (κ2) is 4.65. The summed E-state index contributed by atoms with van der Waals surface area (Å²) in [5.74, 6) is -1.60. The molecule has 2 N–H and O–H groups in total. The number of alkyl halides is 3. The highest BCUT2D eigenvalue weighted by Gasteiger charge is 2.43. The molecule has 1 aromatic heterocycles. The van der Waals surface area contributed by atoms with Crippen molar-refractivity contribution in [2.45, 2.75) is 18.1 Å². The lowest BCUT2D eigenvalue weighted by Gasteiger charge is -2.23. The Bertz CT molecular complexity index is 486. The summed E-state index contributed by atoms with van der Waals surface area (Å²) in [6.45, 7) is 0.0558. The molecule has 0 bridgehead atoms. The van der Waals surface area contributed by atoms with Crippen LogP contribution in [0.4, 0.5) is 19.1 Å². The van der Waals surface area contributed by atoms with Crippen molar-refractivity contribution in [2.24, 2.45) is 0 Å². The number of rotatable bonds is 3. The Hall–Kier alpha value is -1.90. The van der Waals surface area contributed by atoms with Gasteiger partial charge in [0.15, 0.2) is 5.54 Å². The van der Waals surface area contributed by atoms with E-state index in [1.807, 2.05) is 0 Å². The average molecular weight is 277 g/mol. The molecule has 1 aromatic rings.